The van der Waals surface area contributed by atoms with Crippen molar-refractivity contribution in [3.8, 4) is 0 Å². The Bertz CT molecular complexity index is 504. The first-order valence-electron chi connectivity index (χ1n) is 9.95. The Labute approximate surface area is 148 Å². The molecule has 1 aliphatic rings. The van der Waals surface area contributed by atoms with E-state index in [1.54, 1.807) is 0 Å². The average molecular weight is 327 g/mol. The van der Waals surface area contributed by atoms with Crippen molar-refractivity contribution in [2.24, 2.45) is 10.4 Å². The van der Waals surface area contributed by atoms with Crippen molar-refractivity contribution in [1.82, 2.24) is 4.98 Å². The van der Waals surface area contributed by atoms with Crippen LogP contribution in [-0.4, -0.2) is 10.7 Å². The van der Waals surface area contributed by atoms with Gasteiger partial charge in [-0.3, -0.25) is 9.98 Å². The summed E-state index contributed by atoms with van der Waals surface area (Å²) < 4.78 is 0. The molecule has 2 rings (SSSR count). The third kappa shape index (κ3) is 5.89. The van der Waals surface area contributed by atoms with Crippen molar-refractivity contribution in [3.05, 3.63) is 42.4 Å². The highest BCUT2D eigenvalue weighted by molar-refractivity contribution is 6.00. The van der Waals surface area contributed by atoms with Gasteiger partial charge in [0, 0.05) is 18.8 Å². The van der Waals surface area contributed by atoms with Gasteiger partial charge >= 0.3 is 0 Å². The average Bonchev–Trinajstić information content (AvgIpc) is 2.64. The molecular weight excluding hydrogens is 292 g/mol. The summed E-state index contributed by atoms with van der Waals surface area (Å²) in [6, 6.07) is 6.13. The Hall–Kier alpha value is -1.44. The summed E-state index contributed by atoms with van der Waals surface area (Å²) in [4.78, 5) is 9.18. The lowest BCUT2D eigenvalue weighted by atomic mass is 9.72. The molecule has 24 heavy (non-hydrogen) atoms. The smallest absolute Gasteiger partial charge is 0.0844 e. The van der Waals surface area contributed by atoms with Crippen LogP contribution in [0.15, 0.2) is 41.7 Å². The summed E-state index contributed by atoms with van der Waals surface area (Å²) in [6.07, 6.45) is 20.7. The zero-order valence-electron chi connectivity index (χ0n) is 15.6. The summed E-state index contributed by atoms with van der Waals surface area (Å²) in [5, 5.41) is 0. The minimum Gasteiger partial charge on any atom is -0.259 e. The normalized spacial score (nSPS) is 16.2. The van der Waals surface area contributed by atoms with E-state index in [0.29, 0.717) is 5.41 Å². The topological polar surface area (TPSA) is 25.2 Å². The maximum absolute atomic E-state index is 4.66. The molecule has 1 aliphatic heterocycles. The molecule has 0 fully saturated rings. The predicted octanol–water partition coefficient (Wildman–Crippen LogP) is 6.72. The van der Waals surface area contributed by atoms with Gasteiger partial charge in [0.15, 0.2) is 0 Å². The van der Waals surface area contributed by atoms with Crippen LogP contribution in [0.5, 0.6) is 0 Å². The van der Waals surface area contributed by atoms with E-state index in [2.05, 4.69) is 42.0 Å². The fourth-order valence-electron chi connectivity index (χ4n) is 3.69. The molecule has 0 aromatic carbocycles. The fourth-order valence-corrected chi connectivity index (χ4v) is 3.69. The number of rotatable bonds is 11. The van der Waals surface area contributed by atoms with Crippen molar-refractivity contribution in [2.75, 3.05) is 0 Å². The molecule has 0 spiro atoms. The molecule has 0 unspecified atom stereocenters. The van der Waals surface area contributed by atoms with Crippen LogP contribution in [0.1, 0.15) is 90.2 Å². The lowest BCUT2D eigenvalue weighted by Gasteiger charge is -2.33. The number of nitrogens with zero attached hydrogens (tertiary/aromatic N) is 2. The third-order valence-corrected chi connectivity index (χ3v) is 5.19. The van der Waals surface area contributed by atoms with Crippen molar-refractivity contribution in [3.63, 3.8) is 0 Å². The molecule has 0 saturated carbocycles. The number of hydrogen-bond acceptors (Lipinski definition) is 2. The molecule has 2 nitrogen and oxygen atoms in total. The Balaban J connectivity index is 2.02. The van der Waals surface area contributed by atoms with Gasteiger partial charge in [0.1, 0.15) is 0 Å². The molecule has 0 saturated heterocycles. The van der Waals surface area contributed by atoms with Crippen molar-refractivity contribution < 1.29 is 0 Å². The maximum Gasteiger partial charge on any atom is 0.0844 e. The van der Waals surface area contributed by atoms with E-state index in [0.717, 1.165) is 12.1 Å². The monoisotopic (exact) mass is 326 g/mol. The van der Waals surface area contributed by atoms with Crippen LogP contribution in [0, 0.1) is 5.41 Å². The highest BCUT2D eigenvalue weighted by atomic mass is 14.8. The van der Waals surface area contributed by atoms with E-state index in [4.69, 9.17) is 0 Å². The molecule has 1 aromatic heterocycles. The molecule has 0 aliphatic carbocycles. The second-order valence-corrected chi connectivity index (χ2v) is 7.27. The summed E-state index contributed by atoms with van der Waals surface area (Å²) in [5.74, 6) is 0. The number of aromatic nitrogens is 1. The molecule has 0 amide bonds. The van der Waals surface area contributed by atoms with Gasteiger partial charge in [-0.15, -0.1) is 0 Å². The van der Waals surface area contributed by atoms with E-state index in [9.17, 15) is 0 Å². The van der Waals surface area contributed by atoms with Gasteiger partial charge in [-0.2, -0.15) is 0 Å². The number of unbranched alkanes of at least 4 members (excludes halogenated alkanes) is 6. The van der Waals surface area contributed by atoms with Crippen LogP contribution < -0.4 is 0 Å². The van der Waals surface area contributed by atoms with E-state index >= 15 is 0 Å². The summed E-state index contributed by atoms with van der Waals surface area (Å²) in [6.45, 7) is 4.57. The zero-order valence-corrected chi connectivity index (χ0v) is 15.6. The Morgan fingerprint density at radius 1 is 0.917 bits per heavy atom. The molecule has 2 heterocycles. The molecule has 0 radical (unpaired) electrons. The van der Waals surface area contributed by atoms with Crippen molar-refractivity contribution in [2.45, 2.75) is 84.5 Å². The van der Waals surface area contributed by atoms with Gasteiger partial charge in [-0.25, -0.2) is 0 Å². The van der Waals surface area contributed by atoms with Gasteiger partial charge in [0.25, 0.3) is 0 Å². The van der Waals surface area contributed by atoms with Crippen LogP contribution in [0.2, 0.25) is 0 Å². The van der Waals surface area contributed by atoms with E-state index in [-0.39, 0.29) is 0 Å². The number of pyridine rings is 1. The minimum absolute atomic E-state index is 0.302. The number of hydrogen-bond donors (Lipinski definition) is 0. The maximum atomic E-state index is 4.66. The van der Waals surface area contributed by atoms with Gasteiger partial charge in [-0.05, 0) is 30.4 Å². The molecule has 0 N–H and O–H groups in total. The van der Waals surface area contributed by atoms with Crippen LogP contribution in [0.4, 0.5) is 0 Å². The fraction of sp³-hybridized carbons (Fsp3) is 0.636. The van der Waals surface area contributed by atoms with Gasteiger partial charge in [0.05, 0.1) is 11.4 Å². The Morgan fingerprint density at radius 3 is 2.21 bits per heavy atom. The van der Waals surface area contributed by atoms with E-state index in [1.165, 1.54) is 69.9 Å². The summed E-state index contributed by atoms with van der Waals surface area (Å²) >= 11 is 0. The largest absolute Gasteiger partial charge is 0.259 e. The van der Waals surface area contributed by atoms with Gasteiger partial charge in [-0.1, -0.05) is 77.4 Å². The highest BCUT2D eigenvalue weighted by Gasteiger charge is 2.30. The van der Waals surface area contributed by atoms with Crippen molar-refractivity contribution >= 4 is 5.71 Å². The van der Waals surface area contributed by atoms with Gasteiger partial charge < -0.3 is 0 Å². The lowest BCUT2D eigenvalue weighted by Crippen LogP contribution is -2.26. The van der Waals surface area contributed by atoms with Crippen LogP contribution in [0.3, 0.4) is 0 Å². The molecule has 2 heteroatoms. The second-order valence-electron chi connectivity index (χ2n) is 7.27. The van der Waals surface area contributed by atoms with Gasteiger partial charge in [0.2, 0.25) is 0 Å². The second kappa shape index (κ2) is 10.4. The number of allylic oxidation sites excluding steroid dienone is 1. The first-order chi connectivity index (χ1) is 11.8. The van der Waals surface area contributed by atoms with E-state index in [1.807, 2.05) is 18.5 Å². The molecule has 132 valence electrons. The first-order valence-corrected chi connectivity index (χ1v) is 9.95. The predicted molar refractivity (Wildman–Crippen MR) is 104 cm³/mol. The summed E-state index contributed by atoms with van der Waals surface area (Å²) in [7, 11) is 0. The van der Waals surface area contributed by atoms with Crippen LogP contribution in [0.25, 0.3) is 0 Å². The Kier molecular flexibility index (Phi) is 8.21. The van der Waals surface area contributed by atoms with Crippen LogP contribution >= 0.6 is 0 Å². The third-order valence-electron chi connectivity index (χ3n) is 5.19. The number of aliphatic imine (C=N–C) groups is 1. The summed E-state index contributed by atoms with van der Waals surface area (Å²) in [5.41, 5.74) is 2.52. The molecule has 0 atom stereocenters. The van der Waals surface area contributed by atoms with Crippen LogP contribution in [-0.2, 0) is 0 Å². The zero-order chi connectivity index (χ0) is 17.1. The van der Waals surface area contributed by atoms with E-state index < -0.39 is 0 Å². The minimum atomic E-state index is 0.302. The quantitative estimate of drug-likeness (QED) is 0.414. The molecule has 1 aromatic rings. The standard InChI is InChI=1S/C22H34N2/c1-3-5-7-10-14-22(15-11-8-6-4-2)16-18-24-21(19-22)20-13-9-12-17-23-20/h9,12-13,16-18H,3-8,10-11,14-15,19H2,1-2H3. The SMILES string of the molecule is CCCCCCC1(CCCCCC)C=CN=C(c2ccccn2)C1. The molecule has 0 bridgehead atoms. The highest BCUT2D eigenvalue weighted by Crippen LogP contribution is 2.40. The Morgan fingerprint density at radius 2 is 1.62 bits per heavy atom. The van der Waals surface area contributed by atoms with Crippen molar-refractivity contribution in [1.29, 1.82) is 0 Å². The lowest BCUT2D eigenvalue weighted by molar-refractivity contribution is 0.304. The molecular formula is C22H34N2. The first kappa shape index (κ1) is 18.9.